The molecule has 0 amide bonds. The number of benzene rings is 4. The molecule has 4 aromatic carbocycles. The third-order valence-corrected chi connectivity index (χ3v) is 8.60. The summed E-state index contributed by atoms with van der Waals surface area (Å²) >= 11 is 18.4. The van der Waals surface area contributed by atoms with Gasteiger partial charge in [0.2, 0.25) is 0 Å². The lowest BCUT2D eigenvalue weighted by molar-refractivity contribution is 1.63. The van der Waals surface area contributed by atoms with Gasteiger partial charge in [0, 0.05) is 22.4 Å². The molecular weight excluding hydrogens is 592 g/mol. The van der Waals surface area contributed by atoms with Gasteiger partial charge < -0.3 is 0 Å². The second kappa shape index (κ2) is 5.17. The standard InChI is InChI=1S/C16H5Br5/c17-10-5-11(18)7-2-4-9-13-8(3-1-6(10)12(7)13)14(19)16(21)15(9)20/h1-5H. The first-order valence-corrected chi connectivity index (χ1v) is 10.1. The lowest BCUT2D eigenvalue weighted by Crippen LogP contribution is -1.89. The summed E-state index contributed by atoms with van der Waals surface area (Å²) in [5.41, 5.74) is 0. The number of rotatable bonds is 0. The highest BCUT2D eigenvalue weighted by Gasteiger charge is 2.18. The van der Waals surface area contributed by atoms with Crippen molar-refractivity contribution in [1.29, 1.82) is 0 Å². The van der Waals surface area contributed by atoms with Gasteiger partial charge in [0.1, 0.15) is 0 Å². The Hall–Kier alpha value is 0.320. The van der Waals surface area contributed by atoms with Crippen molar-refractivity contribution in [2.24, 2.45) is 0 Å². The molecular formula is C16H5Br5. The Morgan fingerprint density at radius 3 is 1.33 bits per heavy atom. The third kappa shape index (κ3) is 2.01. The zero-order chi connectivity index (χ0) is 14.9. The normalized spacial score (nSPS) is 12.0. The van der Waals surface area contributed by atoms with Crippen LogP contribution in [0.5, 0.6) is 0 Å². The van der Waals surface area contributed by atoms with Crippen LogP contribution in [0.4, 0.5) is 0 Å². The summed E-state index contributed by atoms with van der Waals surface area (Å²) in [5, 5.41) is 7.43. The van der Waals surface area contributed by atoms with Crippen LogP contribution in [0.2, 0.25) is 0 Å². The molecule has 21 heavy (non-hydrogen) atoms. The maximum absolute atomic E-state index is 3.71. The van der Waals surface area contributed by atoms with Crippen molar-refractivity contribution in [2.75, 3.05) is 0 Å². The molecule has 0 bridgehead atoms. The Balaban J connectivity index is 2.47. The minimum Gasteiger partial charge on any atom is -0.0525 e. The van der Waals surface area contributed by atoms with Crippen molar-refractivity contribution >= 4 is 112 Å². The van der Waals surface area contributed by atoms with Gasteiger partial charge in [-0.2, -0.15) is 0 Å². The fourth-order valence-electron chi connectivity index (χ4n) is 2.86. The fourth-order valence-corrected chi connectivity index (χ4v) is 6.04. The fraction of sp³-hybridized carbons (Fsp3) is 0. The molecule has 4 aromatic rings. The average molecular weight is 597 g/mol. The van der Waals surface area contributed by atoms with Crippen LogP contribution in [0.1, 0.15) is 0 Å². The van der Waals surface area contributed by atoms with Crippen LogP contribution in [0, 0.1) is 0 Å². The van der Waals surface area contributed by atoms with Crippen LogP contribution >= 0.6 is 79.6 Å². The van der Waals surface area contributed by atoms with E-state index in [1.54, 1.807) is 0 Å². The Kier molecular flexibility index (Phi) is 3.66. The summed E-state index contributed by atoms with van der Waals surface area (Å²) < 4.78 is 5.41. The van der Waals surface area contributed by atoms with Crippen LogP contribution in [0.25, 0.3) is 32.3 Å². The molecule has 0 saturated carbocycles. The Morgan fingerprint density at radius 1 is 0.476 bits per heavy atom. The first-order chi connectivity index (χ1) is 10.0. The van der Waals surface area contributed by atoms with Crippen molar-refractivity contribution in [3.05, 3.63) is 52.7 Å². The Morgan fingerprint density at radius 2 is 0.857 bits per heavy atom. The van der Waals surface area contributed by atoms with Gasteiger partial charge in [0.25, 0.3) is 0 Å². The van der Waals surface area contributed by atoms with Gasteiger partial charge in [-0.1, -0.05) is 56.1 Å². The Bertz CT molecular complexity index is 960. The van der Waals surface area contributed by atoms with Gasteiger partial charge in [-0.25, -0.2) is 0 Å². The van der Waals surface area contributed by atoms with Crippen LogP contribution in [-0.2, 0) is 0 Å². The molecule has 0 aliphatic rings. The number of halogens is 5. The SMILES string of the molecule is Brc1c(Br)c2ccc3c(Br)cc(Br)c4ccc(c1Br)c2c34. The first kappa shape index (κ1) is 14.9. The van der Waals surface area contributed by atoms with E-state index in [-0.39, 0.29) is 0 Å². The lowest BCUT2D eigenvalue weighted by atomic mass is 9.94. The van der Waals surface area contributed by atoms with Crippen LogP contribution < -0.4 is 0 Å². The molecule has 5 heteroatoms. The summed E-state index contributed by atoms with van der Waals surface area (Å²) in [6.45, 7) is 0. The minimum absolute atomic E-state index is 1.05. The second-order valence-electron chi connectivity index (χ2n) is 4.85. The minimum atomic E-state index is 1.05. The zero-order valence-electron chi connectivity index (χ0n) is 10.3. The zero-order valence-corrected chi connectivity index (χ0v) is 18.2. The molecule has 0 unspecified atom stereocenters. The Labute approximate surface area is 163 Å². The van der Waals surface area contributed by atoms with Gasteiger partial charge in [0.05, 0.1) is 0 Å². The summed E-state index contributed by atoms with van der Waals surface area (Å²) in [6, 6.07) is 10.8. The van der Waals surface area contributed by atoms with Gasteiger partial charge >= 0.3 is 0 Å². The van der Waals surface area contributed by atoms with E-state index in [0.29, 0.717) is 0 Å². The molecule has 0 heterocycles. The van der Waals surface area contributed by atoms with Gasteiger partial charge in [-0.15, -0.1) is 0 Å². The third-order valence-electron chi connectivity index (χ3n) is 3.79. The first-order valence-electron chi connectivity index (χ1n) is 6.09. The number of hydrogen-bond donors (Lipinski definition) is 0. The molecule has 104 valence electrons. The van der Waals surface area contributed by atoms with Crippen LogP contribution in [0.15, 0.2) is 52.7 Å². The highest BCUT2D eigenvalue weighted by atomic mass is 79.9. The van der Waals surface area contributed by atoms with Gasteiger partial charge in [0.15, 0.2) is 0 Å². The molecule has 0 nitrogen and oxygen atoms in total. The second-order valence-corrected chi connectivity index (χ2v) is 8.94. The molecule has 0 spiro atoms. The van der Waals surface area contributed by atoms with Crippen molar-refractivity contribution in [3.8, 4) is 0 Å². The van der Waals surface area contributed by atoms with Crippen LogP contribution in [-0.4, -0.2) is 0 Å². The summed E-state index contributed by atoms with van der Waals surface area (Å²) in [5.74, 6) is 0. The smallest absolute Gasteiger partial charge is 0.0472 e. The van der Waals surface area contributed by atoms with E-state index in [9.17, 15) is 0 Å². The molecule has 0 radical (unpaired) electrons. The van der Waals surface area contributed by atoms with Crippen LogP contribution in [0.3, 0.4) is 0 Å². The highest BCUT2D eigenvalue weighted by molar-refractivity contribution is 9.14. The monoisotopic (exact) mass is 592 g/mol. The van der Waals surface area contributed by atoms with E-state index in [2.05, 4.69) is 110 Å². The summed E-state index contributed by atoms with van der Waals surface area (Å²) in [6.07, 6.45) is 0. The molecule has 0 N–H and O–H groups in total. The largest absolute Gasteiger partial charge is 0.0525 e. The van der Waals surface area contributed by atoms with E-state index in [1.165, 1.54) is 32.3 Å². The van der Waals surface area contributed by atoms with E-state index in [4.69, 9.17) is 0 Å². The quantitative estimate of drug-likeness (QED) is 0.141. The number of hydrogen-bond acceptors (Lipinski definition) is 0. The summed E-state index contributed by atoms with van der Waals surface area (Å²) in [4.78, 5) is 0. The molecule has 0 atom stereocenters. The van der Waals surface area contributed by atoms with Crippen molar-refractivity contribution in [2.45, 2.75) is 0 Å². The highest BCUT2D eigenvalue weighted by Crippen LogP contribution is 2.47. The van der Waals surface area contributed by atoms with E-state index in [1.807, 2.05) is 0 Å². The van der Waals surface area contributed by atoms with Crippen molar-refractivity contribution < 1.29 is 0 Å². The summed E-state index contributed by atoms with van der Waals surface area (Å²) in [7, 11) is 0. The van der Waals surface area contributed by atoms with E-state index >= 15 is 0 Å². The van der Waals surface area contributed by atoms with E-state index < -0.39 is 0 Å². The van der Waals surface area contributed by atoms with Gasteiger partial charge in [-0.3, -0.25) is 0 Å². The predicted octanol–water partition coefficient (Wildman–Crippen LogP) is 8.40. The molecule has 4 rings (SSSR count). The average Bonchev–Trinajstić information content (AvgIpc) is 2.48. The molecule has 0 saturated heterocycles. The molecule has 0 aliphatic heterocycles. The maximum atomic E-state index is 3.71. The van der Waals surface area contributed by atoms with Crippen molar-refractivity contribution in [1.82, 2.24) is 0 Å². The van der Waals surface area contributed by atoms with E-state index in [0.717, 1.165) is 22.4 Å². The molecule has 0 aromatic heterocycles. The van der Waals surface area contributed by atoms with Crippen molar-refractivity contribution in [3.63, 3.8) is 0 Å². The lowest BCUT2D eigenvalue weighted by Gasteiger charge is -2.16. The molecule has 0 fully saturated rings. The maximum Gasteiger partial charge on any atom is 0.0472 e. The molecule has 0 aliphatic carbocycles. The predicted molar refractivity (Wildman–Crippen MR) is 109 cm³/mol. The van der Waals surface area contributed by atoms with Gasteiger partial charge in [-0.05, 0) is 86.2 Å². The topological polar surface area (TPSA) is 0 Å².